The van der Waals surface area contributed by atoms with E-state index < -0.39 is 35.4 Å². The maximum atomic E-state index is 13.4. The molecular weight excluding hydrogens is 271 g/mol. The molecule has 0 radical (unpaired) electrons. The zero-order valence-electron chi connectivity index (χ0n) is 9.97. The number of nitrogens with one attached hydrogen (secondary N) is 2. The van der Waals surface area contributed by atoms with Crippen LogP contribution < -0.4 is 15.4 Å². The third-order valence-corrected chi connectivity index (χ3v) is 3.38. The number of hydrogen-bond donors (Lipinski definition) is 3. The van der Waals surface area contributed by atoms with Crippen LogP contribution in [0.3, 0.4) is 0 Å². The molecule has 2 aliphatic heterocycles. The van der Waals surface area contributed by atoms with Crippen molar-refractivity contribution in [2.45, 2.75) is 18.1 Å². The molecule has 0 aliphatic carbocycles. The molecule has 3 rings (SSSR count). The number of aliphatic carboxylic acids is 1. The lowest BCUT2D eigenvalue weighted by Crippen LogP contribution is -2.52. The fourth-order valence-electron chi connectivity index (χ4n) is 2.48. The lowest BCUT2D eigenvalue weighted by Gasteiger charge is -2.35. The lowest BCUT2D eigenvalue weighted by molar-refractivity contribution is -0.147. The number of fused-ring (bicyclic) bond motifs is 2. The number of urea groups is 1. The second kappa shape index (κ2) is 3.92. The Morgan fingerprint density at radius 2 is 2.20 bits per heavy atom. The van der Waals surface area contributed by atoms with Crippen LogP contribution >= 0.6 is 0 Å². The molecule has 3 N–H and O–H groups in total. The van der Waals surface area contributed by atoms with Gasteiger partial charge in [0.1, 0.15) is 11.6 Å². The molecule has 1 aromatic rings. The Hall–Kier alpha value is -2.64. The number of ether oxygens (including phenoxy) is 1. The van der Waals surface area contributed by atoms with E-state index in [4.69, 9.17) is 9.84 Å². The van der Waals surface area contributed by atoms with E-state index in [1.54, 1.807) is 0 Å². The van der Waals surface area contributed by atoms with Crippen molar-refractivity contribution in [1.82, 2.24) is 10.6 Å². The SMILES string of the molecule is O=C1NC(=O)C2(CC(C(=O)O)Oc3ccc(F)cc32)N1. The van der Waals surface area contributed by atoms with Crippen LogP contribution in [0.1, 0.15) is 12.0 Å². The standard InChI is InChI=1S/C12H9FN2O5/c13-5-1-2-7-6(3-5)12(4-8(20-7)9(16)17)10(18)14-11(19)15-12/h1-3,8H,4H2,(H,16,17)(H2,14,15,18,19). The van der Waals surface area contributed by atoms with E-state index in [0.717, 1.165) is 12.1 Å². The summed E-state index contributed by atoms with van der Waals surface area (Å²) in [5.41, 5.74) is -1.51. The predicted octanol–water partition coefficient (Wildman–Crippen LogP) is 0.0961. The molecule has 1 saturated heterocycles. The van der Waals surface area contributed by atoms with Crippen LogP contribution in [0.4, 0.5) is 9.18 Å². The summed E-state index contributed by atoms with van der Waals surface area (Å²) >= 11 is 0. The molecule has 0 aromatic heterocycles. The van der Waals surface area contributed by atoms with Gasteiger partial charge in [0.2, 0.25) is 0 Å². The number of halogens is 1. The first kappa shape index (κ1) is 12.4. The first-order valence-corrected chi connectivity index (χ1v) is 5.75. The fraction of sp³-hybridized carbons (Fsp3) is 0.250. The van der Waals surface area contributed by atoms with Gasteiger partial charge in [0.25, 0.3) is 5.91 Å². The lowest BCUT2D eigenvalue weighted by atomic mass is 9.82. The molecule has 8 heteroatoms. The molecule has 1 fully saturated rings. The predicted molar refractivity (Wildman–Crippen MR) is 61.4 cm³/mol. The van der Waals surface area contributed by atoms with Crippen molar-refractivity contribution in [1.29, 1.82) is 0 Å². The third kappa shape index (κ3) is 1.61. The quantitative estimate of drug-likeness (QED) is 0.633. The minimum atomic E-state index is -1.62. The van der Waals surface area contributed by atoms with E-state index in [2.05, 4.69) is 5.32 Å². The number of rotatable bonds is 1. The van der Waals surface area contributed by atoms with Crippen molar-refractivity contribution < 1.29 is 28.6 Å². The van der Waals surface area contributed by atoms with Gasteiger partial charge in [-0.05, 0) is 18.2 Å². The van der Waals surface area contributed by atoms with E-state index in [0.29, 0.717) is 0 Å². The van der Waals surface area contributed by atoms with Crippen LogP contribution in [0.5, 0.6) is 5.75 Å². The average molecular weight is 280 g/mol. The summed E-state index contributed by atoms with van der Waals surface area (Å²) in [6, 6.07) is 2.62. The highest BCUT2D eigenvalue weighted by atomic mass is 19.1. The van der Waals surface area contributed by atoms with Crippen LogP contribution in [0.2, 0.25) is 0 Å². The highest BCUT2D eigenvalue weighted by molar-refractivity contribution is 6.08. The van der Waals surface area contributed by atoms with E-state index in [-0.39, 0.29) is 17.7 Å². The molecule has 0 saturated carbocycles. The zero-order chi connectivity index (χ0) is 14.5. The Labute approximate surface area is 111 Å². The van der Waals surface area contributed by atoms with Crippen LogP contribution in [0.25, 0.3) is 0 Å². The van der Waals surface area contributed by atoms with Gasteiger partial charge >= 0.3 is 12.0 Å². The van der Waals surface area contributed by atoms with Crippen LogP contribution in [-0.4, -0.2) is 29.1 Å². The summed E-state index contributed by atoms with van der Waals surface area (Å²) in [6.07, 6.45) is -1.62. The summed E-state index contributed by atoms with van der Waals surface area (Å²) in [5.74, 6) is -2.55. The molecule has 2 unspecified atom stereocenters. The Balaban J connectivity index is 2.18. The molecule has 7 nitrogen and oxygen atoms in total. The molecule has 1 aromatic carbocycles. The minimum absolute atomic E-state index is 0.0578. The number of amides is 3. The van der Waals surface area contributed by atoms with Gasteiger partial charge < -0.3 is 15.2 Å². The highest BCUT2D eigenvalue weighted by Crippen LogP contribution is 2.41. The summed E-state index contributed by atoms with van der Waals surface area (Å²) in [4.78, 5) is 34.5. The number of hydrogen-bond acceptors (Lipinski definition) is 4. The maximum Gasteiger partial charge on any atom is 0.345 e. The summed E-state index contributed by atoms with van der Waals surface area (Å²) in [7, 11) is 0. The molecule has 2 atom stereocenters. The molecule has 20 heavy (non-hydrogen) atoms. The number of carboxylic acids is 1. The molecule has 3 amide bonds. The van der Waals surface area contributed by atoms with E-state index in [9.17, 15) is 18.8 Å². The van der Waals surface area contributed by atoms with Gasteiger partial charge in [-0.2, -0.15) is 0 Å². The molecular formula is C12H9FN2O5. The summed E-state index contributed by atoms with van der Waals surface area (Å²) in [6.45, 7) is 0. The van der Waals surface area contributed by atoms with Crippen LogP contribution in [-0.2, 0) is 15.1 Å². The van der Waals surface area contributed by atoms with Crippen LogP contribution in [0, 0.1) is 5.82 Å². The number of carbonyl (C=O) groups is 3. The number of imide groups is 1. The summed E-state index contributed by atoms with van der Waals surface area (Å²) < 4.78 is 18.6. The largest absolute Gasteiger partial charge is 0.479 e. The van der Waals surface area contributed by atoms with Gasteiger partial charge in [0.15, 0.2) is 11.6 Å². The van der Waals surface area contributed by atoms with Gasteiger partial charge in [0, 0.05) is 12.0 Å². The van der Waals surface area contributed by atoms with Crippen molar-refractivity contribution in [2.24, 2.45) is 0 Å². The third-order valence-electron chi connectivity index (χ3n) is 3.38. The van der Waals surface area contributed by atoms with Gasteiger partial charge in [-0.25, -0.2) is 14.0 Å². The van der Waals surface area contributed by atoms with Crippen molar-refractivity contribution >= 4 is 17.9 Å². The number of benzene rings is 1. The van der Waals surface area contributed by atoms with Crippen molar-refractivity contribution in [3.05, 3.63) is 29.6 Å². The average Bonchev–Trinajstić information content (AvgIpc) is 2.65. The first-order valence-electron chi connectivity index (χ1n) is 5.75. The number of carbonyl (C=O) groups excluding carboxylic acids is 2. The first-order chi connectivity index (χ1) is 9.42. The smallest absolute Gasteiger partial charge is 0.345 e. The molecule has 0 bridgehead atoms. The van der Waals surface area contributed by atoms with E-state index in [1.165, 1.54) is 6.07 Å². The van der Waals surface area contributed by atoms with Crippen molar-refractivity contribution in [2.75, 3.05) is 0 Å². The zero-order valence-corrected chi connectivity index (χ0v) is 9.97. The molecule has 104 valence electrons. The van der Waals surface area contributed by atoms with Gasteiger partial charge in [-0.1, -0.05) is 0 Å². The van der Waals surface area contributed by atoms with E-state index >= 15 is 0 Å². The Bertz CT molecular complexity index is 647. The maximum absolute atomic E-state index is 13.4. The molecule has 2 aliphatic rings. The van der Waals surface area contributed by atoms with Gasteiger partial charge in [-0.3, -0.25) is 10.1 Å². The van der Waals surface area contributed by atoms with E-state index in [1.807, 2.05) is 5.32 Å². The Morgan fingerprint density at radius 1 is 1.45 bits per heavy atom. The Kier molecular flexibility index (Phi) is 2.43. The Morgan fingerprint density at radius 3 is 2.80 bits per heavy atom. The van der Waals surface area contributed by atoms with Gasteiger partial charge in [0.05, 0.1) is 0 Å². The van der Waals surface area contributed by atoms with Crippen molar-refractivity contribution in [3.8, 4) is 5.75 Å². The monoisotopic (exact) mass is 280 g/mol. The minimum Gasteiger partial charge on any atom is -0.479 e. The van der Waals surface area contributed by atoms with Crippen LogP contribution in [0.15, 0.2) is 18.2 Å². The van der Waals surface area contributed by atoms with Crippen molar-refractivity contribution in [3.63, 3.8) is 0 Å². The molecule has 2 heterocycles. The highest BCUT2D eigenvalue weighted by Gasteiger charge is 2.54. The second-order valence-corrected chi connectivity index (χ2v) is 4.60. The molecule has 1 spiro atoms. The summed E-state index contributed by atoms with van der Waals surface area (Å²) in [5, 5.41) is 13.5. The number of carboxylic acid groups (broad SMARTS) is 1. The van der Waals surface area contributed by atoms with Gasteiger partial charge in [-0.15, -0.1) is 0 Å². The normalized spacial score (nSPS) is 27.6. The fourth-order valence-corrected chi connectivity index (χ4v) is 2.48. The second-order valence-electron chi connectivity index (χ2n) is 4.60. The topological polar surface area (TPSA) is 105 Å².